The fraction of sp³-hybridized carbons (Fsp3) is 0.333. The molecule has 7 nitrogen and oxygen atoms in total. The van der Waals surface area contributed by atoms with Crippen molar-refractivity contribution in [2.75, 3.05) is 20.3 Å². The van der Waals surface area contributed by atoms with Gasteiger partial charge in [-0.25, -0.2) is 9.97 Å². The van der Waals surface area contributed by atoms with Gasteiger partial charge >= 0.3 is 11.9 Å². The highest BCUT2D eigenvalue weighted by atomic mass is 16.6. The Morgan fingerprint density at radius 1 is 1.00 bits per heavy atom. The molecule has 2 aromatic rings. The first kappa shape index (κ1) is 18.4. The molecule has 0 fully saturated rings. The van der Waals surface area contributed by atoms with E-state index in [1.807, 2.05) is 0 Å². The number of methoxy groups -OCH3 is 1. The van der Waals surface area contributed by atoms with Crippen LogP contribution < -0.4 is 4.74 Å². The molecular weight excluding hydrogens is 324 g/mol. The first-order valence-electron chi connectivity index (χ1n) is 7.91. The van der Waals surface area contributed by atoms with Crippen LogP contribution in [0.15, 0.2) is 36.7 Å². The fourth-order valence-electron chi connectivity index (χ4n) is 2.43. The van der Waals surface area contributed by atoms with Crippen LogP contribution in [0.4, 0.5) is 0 Å². The summed E-state index contributed by atoms with van der Waals surface area (Å²) in [4.78, 5) is 33.3. The summed E-state index contributed by atoms with van der Waals surface area (Å²) in [5.74, 6) is -1.83. The molecule has 0 saturated carbocycles. The maximum atomic E-state index is 12.4. The average molecular weight is 344 g/mol. The lowest BCUT2D eigenvalue weighted by molar-refractivity contribution is -0.156. The van der Waals surface area contributed by atoms with Gasteiger partial charge in [-0.15, -0.1) is 0 Å². The van der Waals surface area contributed by atoms with Crippen molar-refractivity contribution >= 4 is 11.9 Å². The lowest BCUT2D eigenvalue weighted by Crippen LogP contribution is -2.27. The van der Waals surface area contributed by atoms with E-state index in [-0.39, 0.29) is 13.2 Å². The van der Waals surface area contributed by atoms with Gasteiger partial charge < -0.3 is 14.2 Å². The van der Waals surface area contributed by atoms with Crippen LogP contribution in [-0.4, -0.2) is 42.2 Å². The third-order valence-electron chi connectivity index (χ3n) is 3.42. The molecule has 1 heterocycles. The molecule has 2 rings (SSSR count). The highest BCUT2D eigenvalue weighted by molar-refractivity contribution is 6.02. The first-order valence-corrected chi connectivity index (χ1v) is 7.91. The van der Waals surface area contributed by atoms with E-state index in [0.717, 1.165) is 0 Å². The Labute approximate surface area is 146 Å². The van der Waals surface area contributed by atoms with Gasteiger partial charge in [-0.05, 0) is 31.5 Å². The average Bonchev–Trinajstić information content (AvgIpc) is 2.63. The zero-order valence-corrected chi connectivity index (χ0v) is 14.4. The molecule has 7 heteroatoms. The molecule has 0 bridgehead atoms. The molecule has 0 radical (unpaired) electrons. The summed E-state index contributed by atoms with van der Waals surface area (Å²) in [5.41, 5.74) is 0.833. The number of ether oxygens (including phenoxy) is 3. The van der Waals surface area contributed by atoms with Crippen molar-refractivity contribution in [3.8, 4) is 17.1 Å². The minimum Gasteiger partial charge on any atom is -0.496 e. The molecule has 0 atom stereocenters. The number of hydrogen-bond donors (Lipinski definition) is 0. The van der Waals surface area contributed by atoms with Crippen LogP contribution in [0.2, 0.25) is 0 Å². The maximum Gasteiger partial charge on any atom is 0.324 e. The summed E-state index contributed by atoms with van der Waals surface area (Å²) < 4.78 is 15.5. The maximum absolute atomic E-state index is 12.4. The number of carbonyl (C=O) groups excluding carboxylic acids is 2. The number of carbonyl (C=O) groups is 2. The zero-order valence-electron chi connectivity index (χ0n) is 14.4. The second-order valence-corrected chi connectivity index (χ2v) is 4.93. The Morgan fingerprint density at radius 2 is 1.60 bits per heavy atom. The zero-order chi connectivity index (χ0) is 18.2. The van der Waals surface area contributed by atoms with Gasteiger partial charge in [-0.2, -0.15) is 0 Å². The Hall–Kier alpha value is -2.96. The summed E-state index contributed by atoms with van der Waals surface area (Å²) in [6.07, 6.45) is 3.14. The normalized spacial score (nSPS) is 10.4. The summed E-state index contributed by atoms with van der Waals surface area (Å²) in [7, 11) is 1.50. The van der Waals surface area contributed by atoms with Crippen molar-refractivity contribution < 1.29 is 23.8 Å². The Bertz CT molecular complexity index is 716. The summed E-state index contributed by atoms with van der Waals surface area (Å²) >= 11 is 0. The number of benzene rings is 1. The fourth-order valence-corrected chi connectivity index (χ4v) is 2.43. The number of aromatic nitrogens is 2. The van der Waals surface area contributed by atoms with Crippen LogP contribution in [0.1, 0.15) is 25.3 Å². The van der Waals surface area contributed by atoms with Crippen LogP contribution in [0.3, 0.4) is 0 Å². The molecule has 0 unspecified atom stereocenters. The van der Waals surface area contributed by atoms with E-state index in [2.05, 4.69) is 9.97 Å². The molecular formula is C18H20N2O5. The predicted molar refractivity (Wildman–Crippen MR) is 90.0 cm³/mol. The van der Waals surface area contributed by atoms with E-state index in [1.54, 1.807) is 50.5 Å². The summed E-state index contributed by atoms with van der Waals surface area (Å²) in [5, 5.41) is 0. The number of nitrogens with zero attached hydrogens (tertiary/aromatic N) is 2. The topological polar surface area (TPSA) is 87.6 Å². The minimum absolute atomic E-state index is 0.149. The highest BCUT2D eigenvalue weighted by Crippen LogP contribution is 2.36. The molecule has 1 aromatic carbocycles. The molecule has 0 aliphatic heterocycles. The number of esters is 2. The van der Waals surface area contributed by atoms with E-state index in [1.165, 1.54) is 7.11 Å². The second-order valence-electron chi connectivity index (χ2n) is 4.93. The third-order valence-corrected chi connectivity index (χ3v) is 3.42. The monoisotopic (exact) mass is 344 g/mol. The van der Waals surface area contributed by atoms with Gasteiger partial charge in [-0.1, -0.05) is 12.1 Å². The van der Waals surface area contributed by atoms with Crippen LogP contribution in [0.5, 0.6) is 5.75 Å². The molecule has 0 N–H and O–H groups in total. The van der Waals surface area contributed by atoms with Crippen LogP contribution in [-0.2, 0) is 19.1 Å². The van der Waals surface area contributed by atoms with Crippen LogP contribution in [0, 0.1) is 0 Å². The highest BCUT2D eigenvalue weighted by Gasteiger charge is 2.35. The largest absolute Gasteiger partial charge is 0.496 e. The van der Waals surface area contributed by atoms with Crippen molar-refractivity contribution in [3.05, 3.63) is 42.2 Å². The van der Waals surface area contributed by atoms with Crippen LogP contribution in [0.25, 0.3) is 11.4 Å². The molecule has 0 aliphatic rings. The van der Waals surface area contributed by atoms with Gasteiger partial charge in [-0.3, -0.25) is 9.59 Å². The Morgan fingerprint density at radius 3 is 2.12 bits per heavy atom. The molecule has 0 spiro atoms. The van der Waals surface area contributed by atoms with Crippen molar-refractivity contribution in [1.29, 1.82) is 0 Å². The lowest BCUT2D eigenvalue weighted by Gasteiger charge is -2.19. The van der Waals surface area contributed by atoms with Crippen molar-refractivity contribution in [2.24, 2.45) is 0 Å². The molecule has 0 aliphatic carbocycles. The van der Waals surface area contributed by atoms with E-state index in [0.29, 0.717) is 22.7 Å². The smallest absolute Gasteiger partial charge is 0.324 e. The number of rotatable bonds is 7. The Balaban J connectivity index is 2.64. The minimum atomic E-state index is -1.24. The van der Waals surface area contributed by atoms with Gasteiger partial charge in [0, 0.05) is 12.4 Å². The molecule has 1 aromatic heterocycles. The summed E-state index contributed by atoms with van der Waals surface area (Å²) in [6, 6.07) is 6.72. The van der Waals surface area contributed by atoms with E-state index >= 15 is 0 Å². The van der Waals surface area contributed by atoms with E-state index in [9.17, 15) is 9.59 Å². The number of hydrogen-bond acceptors (Lipinski definition) is 7. The van der Waals surface area contributed by atoms with Crippen LogP contribution >= 0.6 is 0 Å². The van der Waals surface area contributed by atoms with Gasteiger partial charge in [0.25, 0.3) is 0 Å². The summed E-state index contributed by atoms with van der Waals surface area (Å²) in [6.45, 7) is 3.64. The quantitative estimate of drug-likeness (QED) is 0.563. The first-order chi connectivity index (χ1) is 12.1. The lowest BCUT2D eigenvalue weighted by atomic mass is 9.92. The predicted octanol–water partition coefficient (Wildman–Crippen LogP) is 2.36. The molecule has 132 valence electrons. The van der Waals surface area contributed by atoms with Crippen molar-refractivity contribution in [2.45, 2.75) is 19.8 Å². The molecule has 25 heavy (non-hydrogen) atoms. The van der Waals surface area contributed by atoms with Gasteiger partial charge in [0.2, 0.25) is 0 Å². The van der Waals surface area contributed by atoms with Crippen molar-refractivity contribution in [1.82, 2.24) is 9.97 Å². The van der Waals surface area contributed by atoms with E-state index in [4.69, 9.17) is 14.2 Å². The SMILES string of the molecule is CCOC(=O)C(C(=O)OCC)c1cccc(OC)c1-c1ncccn1. The third kappa shape index (κ3) is 4.12. The molecule has 0 saturated heterocycles. The second kappa shape index (κ2) is 8.77. The van der Waals surface area contributed by atoms with Gasteiger partial charge in [0.05, 0.1) is 25.9 Å². The molecule has 0 amide bonds. The van der Waals surface area contributed by atoms with Gasteiger partial charge in [0.15, 0.2) is 11.7 Å². The standard InChI is InChI=1S/C18H20N2O5/c1-4-24-17(21)15(18(22)25-5-2)12-8-6-9-13(23-3)14(12)16-19-10-7-11-20-16/h6-11,15H,4-5H2,1-3H3. The van der Waals surface area contributed by atoms with Crippen molar-refractivity contribution in [3.63, 3.8) is 0 Å². The van der Waals surface area contributed by atoms with Gasteiger partial charge in [0.1, 0.15) is 5.75 Å². The Kier molecular flexibility index (Phi) is 6.45. The van der Waals surface area contributed by atoms with E-state index < -0.39 is 17.9 Å².